The van der Waals surface area contributed by atoms with Gasteiger partial charge in [-0.25, -0.2) is 14.4 Å². The van der Waals surface area contributed by atoms with Crippen LogP contribution in [0.1, 0.15) is 48.5 Å². The quantitative estimate of drug-likeness (QED) is 0.566. The third-order valence-electron chi connectivity index (χ3n) is 2.59. The van der Waals surface area contributed by atoms with Crippen molar-refractivity contribution in [2.75, 3.05) is 6.61 Å². The van der Waals surface area contributed by atoms with E-state index in [1.165, 1.54) is 12.3 Å². The smallest absolute Gasteiger partial charge is 0.433 e. The Labute approximate surface area is 142 Å². The molecule has 0 aromatic heterocycles. The van der Waals surface area contributed by atoms with Crippen LogP contribution >= 0.6 is 0 Å². The van der Waals surface area contributed by atoms with Crippen molar-refractivity contribution in [3.8, 4) is 0 Å². The topological polar surface area (TPSA) is 85.4 Å². The second-order valence-corrected chi connectivity index (χ2v) is 7.19. The Kier molecular flexibility index (Phi) is 5.86. The fourth-order valence-corrected chi connectivity index (χ4v) is 1.82. The maximum Gasteiger partial charge on any atom is 0.433 e. The standard InChI is InChI=1S/C16H26N2O6/c1-8-22-12(19)11-9-10-17(13(20)23-15(2,3)4)18(11)14(21)24-16(5,6)7/h9-11H,8H2,1-7H3. The molecule has 2 amide bonds. The zero-order valence-electron chi connectivity index (χ0n) is 15.3. The van der Waals surface area contributed by atoms with E-state index in [2.05, 4.69) is 0 Å². The summed E-state index contributed by atoms with van der Waals surface area (Å²) in [4.78, 5) is 36.9. The summed E-state index contributed by atoms with van der Waals surface area (Å²) in [5, 5.41) is 1.80. The maximum absolute atomic E-state index is 12.5. The number of ether oxygens (including phenoxy) is 3. The van der Waals surface area contributed by atoms with Crippen molar-refractivity contribution in [2.45, 2.75) is 65.7 Å². The van der Waals surface area contributed by atoms with Crippen LogP contribution < -0.4 is 0 Å². The predicted octanol–water partition coefficient (Wildman–Crippen LogP) is 2.83. The molecule has 0 N–H and O–H groups in total. The van der Waals surface area contributed by atoms with Crippen LogP contribution in [0.4, 0.5) is 9.59 Å². The Morgan fingerprint density at radius 2 is 1.46 bits per heavy atom. The number of hydrazine groups is 1. The number of hydrogen-bond donors (Lipinski definition) is 0. The second kappa shape index (κ2) is 7.11. The summed E-state index contributed by atoms with van der Waals surface area (Å²) < 4.78 is 15.5. The zero-order valence-corrected chi connectivity index (χ0v) is 15.3. The molecule has 136 valence electrons. The van der Waals surface area contributed by atoms with Gasteiger partial charge >= 0.3 is 18.2 Å². The summed E-state index contributed by atoms with van der Waals surface area (Å²) in [6.07, 6.45) is 1.03. The van der Waals surface area contributed by atoms with Gasteiger partial charge in [-0.15, -0.1) is 0 Å². The molecule has 1 heterocycles. The number of amides is 2. The van der Waals surface area contributed by atoms with E-state index in [-0.39, 0.29) is 6.61 Å². The molecule has 0 aromatic rings. The van der Waals surface area contributed by atoms with E-state index < -0.39 is 35.4 Å². The molecule has 0 aliphatic carbocycles. The molecule has 0 aromatic carbocycles. The molecule has 0 radical (unpaired) electrons. The molecule has 8 heteroatoms. The minimum Gasteiger partial charge on any atom is -0.464 e. The fourth-order valence-electron chi connectivity index (χ4n) is 1.82. The molecule has 1 atom stereocenters. The lowest BCUT2D eigenvalue weighted by molar-refractivity contribution is -0.150. The summed E-state index contributed by atoms with van der Waals surface area (Å²) in [6, 6.07) is -1.09. The molecule has 1 aliphatic rings. The third-order valence-corrected chi connectivity index (χ3v) is 2.59. The highest BCUT2D eigenvalue weighted by Crippen LogP contribution is 2.23. The maximum atomic E-state index is 12.5. The summed E-state index contributed by atoms with van der Waals surface area (Å²) in [6.45, 7) is 12.0. The lowest BCUT2D eigenvalue weighted by Crippen LogP contribution is -2.53. The lowest BCUT2D eigenvalue weighted by Gasteiger charge is -2.33. The highest BCUT2D eigenvalue weighted by Gasteiger charge is 2.43. The molecule has 24 heavy (non-hydrogen) atoms. The first-order valence-corrected chi connectivity index (χ1v) is 7.75. The summed E-state index contributed by atoms with van der Waals surface area (Å²) in [5.41, 5.74) is -1.55. The van der Waals surface area contributed by atoms with E-state index in [1.54, 1.807) is 48.5 Å². The van der Waals surface area contributed by atoms with Crippen LogP contribution in [-0.4, -0.2) is 52.0 Å². The van der Waals surface area contributed by atoms with Gasteiger partial charge in [-0.3, -0.25) is 0 Å². The highest BCUT2D eigenvalue weighted by molar-refractivity contribution is 5.86. The minimum absolute atomic E-state index is 0.151. The van der Waals surface area contributed by atoms with Gasteiger partial charge in [0.2, 0.25) is 0 Å². The normalized spacial score (nSPS) is 17.7. The Morgan fingerprint density at radius 3 is 1.92 bits per heavy atom. The molecule has 1 unspecified atom stereocenters. The Balaban J connectivity index is 3.05. The molecule has 1 rings (SSSR count). The Hall–Kier alpha value is -2.25. The highest BCUT2D eigenvalue weighted by atomic mass is 16.6. The molecule has 0 bridgehead atoms. The van der Waals surface area contributed by atoms with Gasteiger partial charge in [0.05, 0.1) is 6.61 Å². The van der Waals surface area contributed by atoms with Gasteiger partial charge in [0.1, 0.15) is 11.2 Å². The van der Waals surface area contributed by atoms with Crippen molar-refractivity contribution in [1.29, 1.82) is 0 Å². The number of esters is 1. The Bertz CT molecular complexity index is 530. The zero-order chi connectivity index (χ0) is 18.7. The molecule has 0 fully saturated rings. The number of hydrogen-bond acceptors (Lipinski definition) is 6. The van der Waals surface area contributed by atoms with Gasteiger partial charge < -0.3 is 14.2 Å². The van der Waals surface area contributed by atoms with Gasteiger partial charge in [0, 0.05) is 6.20 Å². The molecular weight excluding hydrogens is 316 g/mol. The van der Waals surface area contributed by atoms with E-state index in [0.29, 0.717) is 0 Å². The summed E-state index contributed by atoms with van der Waals surface area (Å²) in [5.74, 6) is -0.661. The molecule has 1 aliphatic heterocycles. The molecular formula is C16H26N2O6. The number of carbonyl (C=O) groups is 3. The van der Waals surface area contributed by atoms with Crippen LogP contribution in [0, 0.1) is 0 Å². The number of carbonyl (C=O) groups excluding carboxylic acids is 3. The number of nitrogens with zero attached hydrogens (tertiary/aromatic N) is 2. The largest absolute Gasteiger partial charge is 0.464 e. The van der Waals surface area contributed by atoms with Crippen LogP contribution in [0.25, 0.3) is 0 Å². The van der Waals surface area contributed by atoms with E-state index in [4.69, 9.17) is 14.2 Å². The van der Waals surface area contributed by atoms with Crippen molar-refractivity contribution in [2.24, 2.45) is 0 Å². The van der Waals surface area contributed by atoms with Crippen molar-refractivity contribution in [1.82, 2.24) is 10.0 Å². The van der Waals surface area contributed by atoms with Crippen LogP contribution in [0.5, 0.6) is 0 Å². The molecule has 0 saturated heterocycles. The SMILES string of the molecule is CCOC(=O)C1C=CN(C(=O)OC(C)(C)C)N1C(=O)OC(C)(C)C. The second-order valence-electron chi connectivity index (χ2n) is 7.19. The Morgan fingerprint density at radius 1 is 0.958 bits per heavy atom. The molecule has 0 saturated carbocycles. The van der Waals surface area contributed by atoms with Crippen molar-refractivity contribution in [3.05, 3.63) is 12.3 Å². The van der Waals surface area contributed by atoms with Gasteiger partial charge in [-0.05, 0) is 54.5 Å². The van der Waals surface area contributed by atoms with E-state index in [0.717, 1.165) is 10.0 Å². The van der Waals surface area contributed by atoms with Crippen molar-refractivity contribution in [3.63, 3.8) is 0 Å². The van der Waals surface area contributed by atoms with Gasteiger partial charge in [0.25, 0.3) is 0 Å². The van der Waals surface area contributed by atoms with E-state index >= 15 is 0 Å². The fraction of sp³-hybridized carbons (Fsp3) is 0.688. The molecule has 8 nitrogen and oxygen atoms in total. The van der Waals surface area contributed by atoms with E-state index in [1.807, 2.05) is 0 Å². The van der Waals surface area contributed by atoms with Crippen molar-refractivity contribution < 1.29 is 28.6 Å². The molecule has 0 spiro atoms. The van der Waals surface area contributed by atoms with Crippen LogP contribution in [0.2, 0.25) is 0 Å². The first-order valence-electron chi connectivity index (χ1n) is 7.75. The third kappa shape index (κ3) is 5.43. The minimum atomic E-state index is -1.09. The number of rotatable bonds is 2. The van der Waals surface area contributed by atoms with Crippen LogP contribution in [-0.2, 0) is 19.0 Å². The summed E-state index contributed by atoms with van der Waals surface area (Å²) >= 11 is 0. The summed E-state index contributed by atoms with van der Waals surface area (Å²) in [7, 11) is 0. The average molecular weight is 342 g/mol. The van der Waals surface area contributed by atoms with Crippen LogP contribution in [0.3, 0.4) is 0 Å². The van der Waals surface area contributed by atoms with Gasteiger partial charge in [-0.1, -0.05) is 0 Å². The van der Waals surface area contributed by atoms with Gasteiger partial charge in [0.15, 0.2) is 6.04 Å². The average Bonchev–Trinajstić information content (AvgIpc) is 2.79. The van der Waals surface area contributed by atoms with Crippen LogP contribution in [0.15, 0.2) is 12.3 Å². The predicted molar refractivity (Wildman–Crippen MR) is 85.7 cm³/mol. The van der Waals surface area contributed by atoms with E-state index in [9.17, 15) is 14.4 Å². The van der Waals surface area contributed by atoms with Gasteiger partial charge in [-0.2, -0.15) is 10.0 Å². The first-order chi connectivity index (χ1) is 10.9. The first kappa shape index (κ1) is 19.8. The monoisotopic (exact) mass is 342 g/mol. The lowest BCUT2D eigenvalue weighted by atomic mass is 10.2. The van der Waals surface area contributed by atoms with Crippen molar-refractivity contribution >= 4 is 18.2 Å².